The zero-order chi connectivity index (χ0) is 45.6. The number of ether oxygens (including phenoxy) is 1. The molecule has 3 amide bonds. The SMILES string of the molecule is Cc1ncsc1-c1ccc(C(C)NC(=O)[C@@H]2C[C@@H](O)CN2C(=O)C(NC(=O)COc2ccc(-c3ccc(C4=NC(N)c5nnc(C)n5-c5sc(C)c(C)c54)cc3)cc2)C(C)(C)C)cc1. The maximum Gasteiger partial charge on any atom is 0.258 e. The molecule has 0 spiro atoms. The number of thiophene rings is 1. The van der Waals surface area contributed by atoms with Gasteiger partial charge >= 0.3 is 0 Å². The first-order valence-electron chi connectivity index (χ1n) is 21.3. The molecule has 2 aliphatic heterocycles. The van der Waals surface area contributed by atoms with E-state index >= 15 is 0 Å². The number of aliphatic imine (C=N–C) groups is 1. The maximum atomic E-state index is 14.2. The molecule has 2 aliphatic rings. The third kappa shape index (κ3) is 8.87. The van der Waals surface area contributed by atoms with Crippen molar-refractivity contribution in [3.05, 3.63) is 123 Å². The predicted octanol–water partition coefficient (Wildman–Crippen LogP) is 6.91. The lowest BCUT2D eigenvalue weighted by molar-refractivity contribution is -0.144. The number of thiazole rings is 1. The van der Waals surface area contributed by atoms with Crippen molar-refractivity contribution in [2.45, 2.75) is 92.2 Å². The number of amides is 3. The second-order valence-electron chi connectivity index (χ2n) is 17.6. The van der Waals surface area contributed by atoms with Crippen molar-refractivity contribution >= 4 is 46.1 Å². The Morgan fingerprint density at radius 1 is 0.906 bits per heavy atom. The topological polar surface area (TPSA) is 190 Å². The van der Waals surface area contributed by atoms with Crippen LogP contribution in [0.3, 0.4) is 0 Å². The van der Waals surface area contributed by atoms with Crippen molar-refractivity contribution in [3.63, 3.8) is 0 Å². The number of fused-ring (bicyclic) bond motifs is 3. The van der Waals surface area contributed by atoms with Crippen molar-refractivity contribution in [1.82, 2.24) is 35.3 Å². The van der Waals surface area contributed by atoms with E-state index in [1.807, 2.05) is 112 Å². The average molecular weight is 900 g/mol. The van der Waals surface area contributed by atoms with E-state index in [1.165, 1.54) is 9.78 Å². The molecule has 16 heteroatoms. The number of hydrogen-bond acceptors (Lipinski definition) is 12. The van der Waals surface area contributed by atoms with Gasteiger partial charge in [-0.1, -0.05) is 81.4 Å². The lowest BCUT2D eigenvalue weighted by Gasteiger charge is -2.35. The summed E-state index contributed by atoms with van der Waals surface area (Å²) >= 11 is 3.26. The number of nitrogens with two attached hydrogens (primary N) is 1. The fourth-order valence-corrected chi connectivity index (χ4v) is 10.3. The Bertz CT molecular complexity index is 2730. The number of aliphatic hydroxyl groups excluding tert-OH is 1. The highest BCUT2D eigenvalue weighted by molar-refractivity contribution is 7.15. The Balaban J connectivity index is 0.887. The molecule has 332 valence electrons. The molecule has 3 aromatic carbocycles. The highest BCUT2D eigenvalue weighted by Crippen LogP contribution is 2.38. The molecule has 1 fully saturated rings. The molecule has 64 heavy (non-hydrogen) atoms. The number of hydrogen-bond donors (Lipinski definition) is 4. The normalized spacial score (nSPS) is 18.1. The maximum absolute atomic E-state index is 14.2. The summed E-state index contributed by atoms with van der Waals surface area (Å²) in [5, 5.41) is 26.2. The summed E-state index contributed by atoms with van der Waals surface area (Å²) in [6.07, 6.45) is -1.46. The van der Waals surface area contributed by atoms with Crippen molar-refractivity contribution in [2.24, 2.45) is 16.1 Å². The van der Waals surface area contributed by atoms with Crippen LogP contribution in [0.15, 0.2) is 83.3 Å². The number of rotatable bonds is 11. The molecule has 3 aromatic heterocycles. The molecule has 5 N–H and O–H groups in total. The van der Waals surface area contributed by atoms with Gasteiger partial charge < -0.3 is 31.1 Å². The van der Waals surface area contributed by atoms with Gasteiger partial charge in [-0.05, 0) is 80.0 Å². The van der Waals surface area contributed by atoms with Gasteiger partial charge in [0.05, 0.1) is 33.9 Å². The van der Waals surface area contributed by atoms with E-state index < -0.39 is 41.6 Å². The number of likely N-dealkylation sites (tertiary alicyclic amines) is 1. The highest BCUT2D eigenvalue weighted by Gasteiger charge is 2.45. The average Bonchev–Trinajstić information content (AvgIpc) is 4.04. The van der Waals surface area contributed by atoms with Crippen LogP contribution < -0.4 is 21.1 Å². The van der Waals surface area contributed by atoms with Gasteiger partial charge in [-0.2, -0.15) is 0 Å². The second kappa shape index (κ2) is 17.8. The molecule has 0 saturated carbocycles. The van der Waals surface area contributed by atoms with E-state index in [4.69, 9.17) is 15.5 Å². The lowest BCUT2D eigenvalue weighted by Crippen LogP contribution is -2.58. The molecule has 1 saturated heterocycles. The third-order valence-electron chi connectivity index (χ3n) is 12.0. The summed E-state index contributed by atoms with van der Waals surface area (Å²) in [5.74, 6) is 0.548. The van der Waals surface area contributed by atoms with Crippen molar-refractivity contribution in [3.8, 4) is 32.3 Å². The summed E-state index contributed by atoms with van der Waals surface area (Å²) in [6, 6.07) is 21.3. The number of benzene rings is 3. The molecule has 0 aliphatic carbocycles. The summed E-state index contributed by atoms with van der Waals surface area (Å²) in [5.41, 5.74) is 16.4. The minimum Gasteiger partial charge on any atom is -0.484 e. The number of β-amino-alcohol motifs (C(OH)–C–C–N with tert-alkyl or cyclic N) is 1. The van der Waals surface area contributed by atoms with Crippen LogP contribution in [0.5, 0.6) is 5.75 Å². The quantitative estimate of drug-likeness (QED) is 0.107. The number of carbonyl (C=O) groups excluding carboxylic acids is 3. The molecule has 8 rings (SSSR count). The largest absolute Gasteiger partial charge is 0.484 e. The van der Waals surface area contributed by atoms with Crippen LogP contribution in [0.25, 0.3) is 26.6 Å². The van der Waals surface area contributed by atoms with Gasteiger partial charge in [-0.15, -0.1) is 32.9 Å². The van der Waals surface area contributed by atoms with Gasteiger partial charge in [0.25, 0.3) is 5.91 Å². The lowest BCUT2D eigenvalue weighted by atomic mass is 9.85. The first kappa shape index (κ1) is 44.5. The van der Waals surface area contributed by atoms with Crippen LogP contribution in [0.4, 0.5) is 0 Å². The Labute approximate surface area is 380 Å². The molecule has 5 atom stereocenters. The highest BCUT2D eigenvalue weighted by atomic mass is 32.1. The van der Waals surface area contributed by atoms with Crippen LogP contribution >= 0.6 is 22.7 Å². The van der Waals surface area contributed by atoms with Gasteiger partial charge in [0.1, 0.15) is 28.7 Å². The summed E-state index contributed by atoms with van der Waals surface area (Å²) in [7, 11) is 0. The van der Waals surface area contributed by atoms with Gasteiger partial charge in [-0.3, -0.25) is 23.9 Å². The van der Waals surface area contributed by atoms with E-state index in [0.717, 1.165) is 66.1 Å². The Morgan fingerprint density at radius 3 is 2.19 bits per heavy atom. The molecule has 3 unspecified atom stereocenters. The Morgan fingerprint density at radius 2 is 1.55 bits per heavy atom. The van der Waals surface area contributed by atoms with Crippen LogP contribution in [0.1, 0.15) is 90.8 Å². The fraction of sp³-hybridized carbons (Fsp3) is 0.354. The third-order valence-corrected chi connectivity index (χ3v) is 14.1. The zero-order valence-corrected chi connectivity index (χ0v) is 38.8. The minimum absolute atomic E-state index is 0.0234. The van der Waals surface area contributed by atoms with Crippen LogP contribution in [0, 0.1) is 33.1 Å². The number of nitrogens with zero attached hydrogens (tertiary/aromatic N) is 6. The second-order valence-corrected chi connectivity index (χ2v) is 19.7. The van der Waals surface area contributed by atoms with Crippen molar-refractivity contribution in [1.29, 1.82) is 0 Å². The summed E-state index contributed by atoms with van der Waals surface area (Å²) in [6.45, 7) is 15.2. The standard InChI is InChI=1S/C48H53N9O5S2/c1-25-28(4)64-47-39(25)40(53-43(49)44-55-54-29(5)57(44)47)33-13-11-31(12-14-33)32-17-19-36(20-18-32)62-23-38(59)52-42(48(6,7)8)46(61)56-22-35(58)21-37(56)45(60)51-26(2)30-9-15-34(16-10-30)41-27(3)50-24-63-41/h9-20,24,26,35,37,42-43,58H,21-23,49H2,1-8H3,(H,51,60)(H,52,59)/t26?,35-,37+,42?,43?/m1/s1. The van der Waals surface area contributed by atoms with E-state index in [0.29, 0.717) is 11.6 Å². The van der Waals surface area contributed by atoms with E-state index in [9.17, 15) is 19.5 Å². The zero-order valence-electron chi connectivity index (χ0n) is 37.2. The molecule has 14 nitrogen and oxygen atoms in total. The van der Waals surface area contributed by atoms with Gasteiger partial charge in [0.2, 0.25) is 11.8 Å². The van der Waals surface area contributed by atoms with E-state index in [2.05, 4.69) is 39.7 Å². The molecular formula is C48H53N9O5S2. The van der Waals surface area contributed by atoms with Gasteiger partial charge in [-0.25, -0.2) is 4.98 Å². The summed E-state index contributed by atoms with van der Waals surface area (Å²) < 4.78 is 7.90. The Hall–Kier alpha value is -6.07. The number of aryl methyl sites for hydroxylation is 3. The smallest absolute Gasteiger partial charge is 0.258 e. The van der Waals surface area contributed by atoms with Crippen molar-refractivity contribution < 1.29 is 24.2 Å². The van der Waals surface area contributed by atoms with Crippen molar-refractivity contribution in [2.75, 3.05) is 13.2 Å². The first-order chi connectivity index (χ1) is 30.5. The van der Waals surface area contributed by atoms with Gasteiger partial charge in [0.15, 0.2) is 18.6 Å². The minimum atomic E-state index is -0.988. The molecular weight excluding hydrogens is 847 g/mol. The first-order valence-corrected chi connectivity index (χ1v) is 23.0. The molecule has 0 radical (unpaired) electrons. The van der Waals surface area contributed by atoms with Crippen LogP contribution in [-0.2, 0) is 14.4 Å². The predicted molar refractivity (Wildman–Crippen MR) is 250 cm³/mol. The number of carbonyl (C=O) groups is 3. The Kier molecular flexibility index (Phi) is 12.4. The molecule has 6 aromatic rings. The summed E-state index contributed by atoms with van der Waals surface area (Å²) in [4.78, 5) is 54.2. The number of aromatic nitrogens is 4. The van der Waals surface area contributed by atoms with E-state index in [-0.39, 0.29) is 31.5 Å². The number of aliphatic hydroxyl groups is 1. The number of nitrogens with one attached hydrogen (secondary N) is 2. The molecule has 5 heterocycles. The fourth-order valence-electron chi connectivity index (χ4n) is 8.28. The van der Waals surface area contributed by atoms with Crippen LogP contribution in [-0.4, -0.2) is 84.5 Å². The molecule has 0 bridgehead atoms. The monoisotopic (exact) mass is 899 g/mol. The van der Waals surface area contributed by atoms with Crippen LogP contribution in [0.2, 0.25) is 0 Å². The van der Waals surface area contributed by atoms with Gasteiger partial charge in [0, 0.05) is 29.0 Å². The van der Waals surface area contributed by atoms with E-state index in [1.54, 1.807) is 34.8 Å².